The van der Waals surface area contributed by atoms with E-state index in [9.17, 15) is 13.6 Å². The van der Waals surface area contributed by atoms with Gasteiger partial charge in [-0.05, 0) is 19.1 Å². The Morgan fingerprint density at radius 2 is 2.09 bits per heavy atom. The Bertz CT molecular complexity index is 736. The molecule has 23 heavy (non-hydrogen) atoms. The SMILES string of the molecule is CC(C#N)CN(C)C(=O)c1csc(Nc2cc(F)cc(F)c2)n1. The molecular formula is C15H14F2N4OS. The van der Waals surface area contributed by atoms with Crippen molar-refractivity contribution in [2.24, 2.45) is 5.92 Å². The zero-order valence-electron chi connectivity index (χ0n) is 12.5. The van der Waals surface area contributed by atoms with Crippen LogP contribution in [0.25, 0.3) is 0 Å². The lowest BCUT2D eigenvalue weighted by atomic mass is 10.2. The molecule has 0 radical (unpaired) electrons. The molecule has 0 aliphatic rings. The average molecular weight is 336 g/mol. The lowest BCUT2D eigenvalue weighted by Gasteiger charge is -2.16. The first-order valence-electron chi connectivity index (χ1n) is 6.72. The van der Waals surface area contributed by atoms with Gasteiger partial charge in [0, 0.05) is 30.7 Å². The van der Waals surface area contributed by atoms with E-state index >= 15 is 0 Å². The minimum Gasteiger partial charge on any atom is -0.339 e. The van der Waals surface area contributed by atoms with Crippen molar-refractivity contribution in [3.05, 3.63) is 40.9 Å². The second-order valence-corrected chi connectivity index (χ2v) is 5.89. The number of carbonyl (C=O) groups excluding carboxylic acids is 1. The fraction of sp³-hybridized carbons (Fsp3) is 0.267. The number of aromatic nitrogens is 1. The number of carbonyl (C=O) groups is 1. The van der Waals surface area contributed by atoms with Gasteiger partial charge in [-0.3, -0.25) is 4.79 Å². The quantitative estimate of drug-likeness (QED) is 0.908. The second kappa shape index (κ2) is 7.15. The van der Waals surface area contributed by atoms with Crippen molar-refractivity contribution in [3.63, 3.8) is 0 Å². The van der Waals surface area contributed by atoms with Crippen molar-refractivity contribution in [1.29, 1.82) is 5.26 Å². The molecule has 120 valence electrons. The molecule has 5 nitrogen and oxygen atoms in total. The summed E-state index contributed by atoms with van der Waals surface area (Å²) in [5.74, 6) is -2.01. The molecule has 0 aliphatic heterocycles. The van der Waals surface area contributed by atoms with Gasteiger partial charge in [-0.2, -0.15) is 5.26 Å². The number of nitrogens with zero attached hydrogens (tertiary/aromatic N) is 3. The minimum absolute atomic E-state index is 0.210. The summed E-state index contributed by atoms with van der Waals surface area (Å²) >= 11 is 1.15. The molecule has 0 saturated heterocycles. The summed E-state index contributed by atoms with van der Waals surface area (Å²) in [6, 6.07) is 5.09. The van der Waals surface area contributed by atoms with Crippen LogP contribution in [-0.2, 0) is 0 Å². The summed E-state index contributed by atoms with van der Waals surface area (Å²) in [5, 5.41) is 13.4. The number of halogens is 2. The second-order valence-electron chi connectivity index (χ2n) is 5.04. The molecule has 0 aliphatic carbocycles. The van der Waals surface area contributed by atoms with E-state index in [1.807, 2.05) is 0 Å². The van der Waals surface area contributed by atoms with E-state index in [1.165, 1.54) is 4.90 Å². The van der Waals surface area contributed by atoms with E-state index in [2.05, 4.69) is 16.4 Å². The Morgan fingerprint density at radius 3 is 2.70 bits per heavy atom. The Labute approximate surface area is 136 Å². The van der Waals surface area contributed by atoms with Gasteiger partial charge in [0.2, 0.25) is 0 Å². The normalized spacial score (nSPS) is 11.6. The molecule has 1 N–H and O–H groups in total. The fourth-order valence-electron chi connectivity index (χ4n) is 1.91. The van der Waals surface area contributed by atoms with Crippen molar-refractivity contribution in [2.45, 2.75) is 6.92 Å². The highest BCUT2D eigenvalue weighted by Gasteiger charge is 2.17. The highest BCUT2D eigenvalue weighted by molar-refractivity contribution is 7.14. The molecule has 1 aromatic carbocycles. The molecule has 1 unspecified atom stereocenters. The van der Waals surface area contributed by atoms with Crippen molar-refractivity contribution < 1.29 is 13.6 Å². The zero-order valence-corrected chi connectivity index (χ0v) is 13.3. The number of benzene rings is 1. The van der Waals surface area contributed by atoms with Gasteiger partial charge in [0.1, 0.15) is 17.3 Å². The number of anilines is 2. The molecule has 0 spiro atoms. The predicted octanol–water partition coefficient (Wildman–Crippen LogP) is 3.40. The third-order valence-corrected chi connectivity index (χ3v) is 3.71. The van der Waals surface area contributed by atoms with Crippen LogP contribution >= 0.6 is 11.3 Å². The van der Waals surface area contributed by atoms with Gasteiger partial charge in [0.15, 0.2) is 5.13 Å². The highest BCUT2D eigenvalue weighted by Crippen LogP contribution is 2.23. The standard InChI is InChI=1S/C15H14F2N4OS/c1-9(6-18)7-21(2)14(22)13-8-23-15(20-13)19-12-4-10(16)3-11(17)5-12/h3-5,8-9H,7H2,1-2H3,(H,19,20). The molecular weight excluding hydrogens is 322 g/mol. The summed E-state index contributed by atoms with van der Waals surface area (Å²) in [7, 11) is 1.59. The first-order valence-corrected chi connectivity index (χ1v) is 7.60. The van der Waals surface area contributed by atoms with Crippen LogP contribution < -0.4 is 5.32 Å². The molecule has 1 amide bonds. The molecule has 0 fully saturated rings. The van der Waals surface area contributed by atoms with Crippen LogP contribution in [-0.4, -0.2) is 29.4 Å². The van der Waals surface area contributed by atoms with Crippen LogP contribution in [0.1, 0.15) is 17.4 Å². The van der Waals surface area contributed by atoms with Crippen LogP contribution in [0.3, 0.4) is 0 Å². The average Bonchev–Trinajstić information content (AvgIpc) is 2.93. The summed E-state index contributed by atoms with van der Waals surface area (Å²) in [6.45, 7) is 2.01. The fourth-order valence-corrected chi connectivity index (χ4v) is 2.61. The van der Waals surface area contributed by atoms with Crippen molar-refractivity contribution in [3.8, 4) is 6.07 Å². The topological polar surface area (TPSA) is 69.0 Å². The van der Waals surface area contributed by atoms with Gasteiger partial charge in [0.05, 0.1) is 12.0 Å². The number of hydrogen-bond acceptors (Lipinski definition) is 5. The number of amides is 1. The van der Waals surface area contributed by atoms with E-state index < -0.39 is 11.6 Å². The van der Waals surface area contributed by atoms with Crippen molar-refractivity contribution >= 4 is 28.1 Å². The summed E-state index contributed by atoms with van der Waals surface area (Å²) in [5.41, 5.74) is 0.421. The molecule has 1 atom stereocenters. The van der Waals surface area contributed by atoms with Gasteiger partial charge < -0.3 is 10.2 Å². The van der Waals surface area contributed by atoms with Crippen LogP contribution in [0, 0.1) is 28.9 Å². The first kappa shape index (κ1) is 16.8. The lowest BCUT2D eigenvalue weighted by molar-refractivity contribution is 0.0780. The van der Waals surface area contributed by atoms with Gasteiger partial charge in [-0.1, -0.05) is 0 Å². The maximum Gasteiger partial charge on any atom is 0.273 e. The molecule has 1 heterocycles. The predicted molar refractivity (Wildman–Crippen MR) is 83.5 cm³/mol. The van der Waals surface area contributed by atoms with Gasteiger partial charge >= 0.3 is 0 Å². The number of thiazole rings is 1. The number of hydrogen-bond donors (Lipinski definition) is 1. The maximum atomic E-state index is 13.1. The van der Waals surface area contributed by atoms with Gasteiger partial charge in [-0.25, -0.2) is 13.8 Å². The Kier molecular flexibility index (Phi) is 5.24. The van der Waals surface area contributed by atoms with Crippen LogP contribution in [0.4, 0.5) is 19.6 Å². The van der Waals surface area contributed by atoms with E-state index in [4.69, 9.17) is 5.26 Å². The third kappa shape index (κ3) is 4.47. The van der Waals surface area contributed by atoms with Crippen molar-refractivity contribution in [2.75, 3.05) is 18.9 Å². The van der Waals surface area contributed by atoms with Crippen molar-refractivity contribution in [1.82, 2.24) is 9.88 Å². The molecule has 1 aromatic heterocycles. The largest absolute Gasteiger partial charge is 0.339 e. The molecule has 0 saturated carbocycles. The van der Waals surface area contributed by atoms with Crippen LogP contribution in [0.2, 0.25) is 0 Å². The maximum absolute atomic E-state index is 13.1. The molecule has 8 heteroatoms. The summed E-state index contributed by atoms with van der Waals surface area (Å²) in [6.07, 6.45) is 0. The van der Waals surface area contributed by atoms with E-state index in [1.54, 1.807) is 19.4 Å². The van der Waals surface area contributed by atoms with E-state index in [-0.39, 0.29) is 23.2 Å². The number of rotatable bonds is 5. The summed E-state index contributed by atoms with van der Waals surface area (Å²) in [4.78, 5) is 17.7. The molecule has 2 aromatic rings. The minimum atomic E-state index is -0.703. The molecule has 2 rings (SSSR count). The Morgan fingerprint density at radius 1 is 1.43 bits per heavy atom. The number of nitriles is 1. The van der Waals surface area contributed by atoms with E-state index in [0.717, 1.165) is 29.5 Å². The Hall–Kier alpha value is -2.53. The van der Waals surface area contributed by atoms with Gasteiger partial charge in [0.25, 0.3) is 5.91 Å². The Balaban J connectivity index is 2.08. The van der Waals surface area contributed by atoms with Gasteiger partial charge in [-0.15, -0.1) is 11.3 Å². The van der Waals surface area contributed by atoms with Crippen LogP contribution in [0.5, 0.6) is 0 Å². The zero-order chi connectivity index (χ0) is 17.0. The number of nitrogens with one attached hydrogen (secondary N) is 1. The monoisotopic (exact) mass is 336 g/mol. The van der Waals surface area contributed by atoms with Crippen LogP contribution in [0.15, 0.2) is 23.6 Å². The summed E-state index contributed by atoms with van der Waals surface area (Å²) < 4.78 is 26.3. The highest BCUT2D eigenvalue weighted by atomic mass is 32.1. The van der Waals surface area contributed by atoms with E-state index in [0.29, 0.717) is 11.7 Å². The lowest BCUT2D eigenvalue weighted by Crippen LogP contribution is -2.30. The third-order valence-electron chi connectivity index (χ3n) is 2.95. The smallest absolute Gasteiger partial charge is 0.273 e. The molecule has 0 bridgehead atoms. The first-order chi connectivity index (χ1) is 10.9.